The van der Waals surface area contributed by atoms with Crippen LogP contribution in [0.4, 0.5) is 18.9 Å². The molecule has 7 nitrogen and oxygen atoms in total. The van der Waals surface area contributed by atoms with Crippen molar-refractivity contribution in [3.63, 3.8) is 0 Å². The van der Waals surface area contributed by atoms with Crippen LogP contribution in [0.2, 0.25) is 0 Å². The zero-order valence-corrected chi connectivity index (χ0v) is 21.4. The van der Waals surface area contributed by atoms with E-state index in [4.69, 9.17) is 0 Å². The molecule has 0 aromatic heterocycles. The molecule has 204 valence electrons. The van der Waals surface area contributed by atoms with Gasteiger partial charge in [-0.15, -0.1) is 0 Å². The van der Waals surface area contributed by atoms with Crippen LogP contribution in [0.15, 0.2) is 42.5 Å². The Balaban J connectivity index is 1.32. The Labute approximate surface area is 220 Å². The lowest BCUT2D eigenvalue weighted by atomic mass is 9.98. The molecule has 1 unspecified atom stereocenters. The minimum Gasteiger partial charge on any atom is -0.384 e. The minimum absolute atomic E-state index is 0.0916. The van der Waals surface area contributed by atoms with E-state index in [9.17, 15) is 27.6 Å². The molecule has 0 bridgehead atoms. The summed E-state index contributed by atoms with van der Waals surface area (Å²) in [6.07, 6.45) is -2.39. The van der Waals surface area contributed by atoms with Crippen molar-refractivity contribution in [2.45, 2.75) is 57.8 Å². The highest BCUT2D eigenvalue weighted by Gasteiger charge is 2.38. The molecule has 2 aliphatic rings. The van der Waals surface area contributed by atoms with Gasteiger partial charge in [-0.2, -0.15) is 13.2 Å². The summed E-state index contributed by atoms with van der Waals surface area (Å²) in [5, 5.41) is 5.92. The molecule has 4 rings (SSSR count). The Hall–Kier alpha value is -3.56. The van der Waals surface area contributed by atoms with Gasteiger partial charge < -0.3 is 20.4 Å². The first-order valence-electron chi connectivity index (χ1n) is 13.0. The fraction of sp³-hybridized carbons (Fsp3) is 0.464. The summed E-state index contributed by atoms with van der Waals surface area (Å²) in [4.78, 5) is 40.9. The van der Waals surface area contributed by atoms with E-state index in [2.05, 4.69) is 10.6 Å². The van der Waals surface area contributed by atoms with Crippen LogP contribution in [0.1, 0.15) is 60.9 Å². The number of hydrogen-bond donors (Lipinski definition) is 2. The number of halogens is 3. The maximum absolute atomic E-state index is 13.5. The van der Waals surface area contributed by atoms with Crippen molar-refractivity contribution in [2.75, 3.05) is 31.5 Å². The Kier molecular flexibility index (Phi) is 8.58. The van der Waals surface area contributed by atoms with Crippen molar-refractivity contribution < 1.29 is 27.6 Å². The first-order chi connectivity index (χ1) is 18.2. The number of fused-ring (bicyclic) bond motifs is 1. The predicted octanol–water partition coefficient (Wildman–Crippen LogP) is 4.28. The van der Waals surface area contributed by atoms with Crippen LogP contribution >= 0.6 is 0 Å². The number of carbonyl (C=O) groups excluding carboxylic acids is 3. The van der Waals surface area contributed by atoms with Crippen molar-refractivity contribution in [1.82, 2.24) is 15.1 Å². The molecule has 2 aliphatic heterocycles. The van der Waals surface area contributed by atoms with Crippen LogP contribution in [-0.4, -0.2) is 53.7 Å². The lowest BCUT2D eigenvalue weighted by molar-refractivity contribution is -0.140. The standard InChI is InChI=1S/C28H33F3N4O3/c1-2-34-18-20-16-19(9-11-23(20)32-14-13-26(34)37)10-12-25(36)33-17-27(38)35-15-5-8-24(35)21-6-3-4-7-22(21)28(29,30)31/h3-4,6-7,9,11,16,24,32H,2,5,8,10,12-15,17-18H2,1H3,(H,33,36). The molecule has 10 heteroatoms. The van der Waals surface area contributed by atoms with Crippen molar-refractivity contribution >= 4 is 23.4 Å². The average Bonchev–Trinajstić information content (AvgIpc) is 3.38. The van der Waals surface area contributed by atoms with Crippen molar-refractivity contribution in [3.8, 4) is 0 Å². The molecular weight excluding hydrogens is 497 g/mol. The second-order valence-electron chi connectivity index (χ2n) is 9.68. The molecule has 0 spiro atoms. The van der Waals surface area contributed by atoms with Crippen LogP contribution < -0.4 is 10.6 Å². The predicted molar refractivity (Wildman–Crippen MR) is 137 cm³/mol. The Morgan fingerprint density at radius 2 is 1.95 bits per heavy atom. The van der Waals surface area contributed by atoms with E-state index in [1.54, 1.807) is 11.0 Å². The molecule has 0 aliphatic carbocycles. The average molecular weight is 531 g/mol. The highest BCUT2D eigenvalue weighted by molar-refractivity contribution is 5.85. The van der Waals surface area contributed by atoms with E-state index in [1.807, 2.05) is 25.1 Å². The second-order valence-corrected chi connectivity index (χ2v) is 9.68. The number of likely N-dealkylation sites (tertiary alicyclic amines) is 1. The first-order valence-corrected chi connectivity index (χ1v) is 13.0. The molecular formula is C28H33F3N4O3. The van der Waals surface area contributed by atoms with Gasteiger partial charge in [0.1, 0.15) is 0 Å². The summed E-state index contributed by atoms with van der Waals surface area (Å²) >= 11 is 0. The fourth-order valence-electron chi connectivity index (χ4n) is 5.21. The number of rotatable bonds is 7. The molecule has 2 N–H and O–H groups in total. The molecule has 38 heavy (non-hydrogen) atoms. The normalized spacial score (nSPS) is 17.9. The van der Waals surface area contributed by atoms with Gasteiger partial charge in [-0.3, -0.25) is 14.4 Å². The Morgan fingerprint density at radius 3 is 2.71 bits per heavy atom. The zero-order valence-electron chi connectivity index (χ0n) is 21.4. The minimum atomic E-state index is -4.50. The molecule has 0 radical (unpaired) electrons. The van der Waals surface area contributed by atoms with Gasteiger partial charge in [0.05, 0.1) is 18.2 Å². The topological polar surface area (TPSA) is 81.8 Å². The molecule has 2 aromatic rings. The number of nitrogens with zero attached hydrogens (tertiary/aromatic N) is 2. The lowest BCUT2D eigenvalue weighted by Gasteiger charge is -2.27. The van der Waals surface area contributed by atoms with Gasteiger partial charge in [0, 0.05) is 44.7 Å². The summed E-state index contributed by atoms with van der Waals surface area (Å²) in [6.45, 7) is 3.73. The monoisotopic (exact) mass is 530 g/mol. The lowest BCUT2D eigenvalue weighted by Crippen LogP contribution is -2.40. The number of amides is 3. The number of aryl methyl sites for hydroxylation is 1. The molecule has 1 atom stereocenters. The molecule has 2 heterocycles. The number of anilines is 1. The van der Waals surface area contributed by atoms with Crippen molar-refractivity contribution in [3.05, 3.63) is 64.7 Å². The van der Waals surface area contributed by atoms with E-state index in [0.29, 0.717) is 51.9 Å². The summed E-state index contributed by atoms with van der Waals surface area (Å²) in [5.41, 5.74) is 2.27. The fourth-order valence-corrected chi connectivity index (χ4v) is 5.21. The van der Waals surface area contributed by atoms with E-state index < -0.39 is 23.7 Å². The molecule has 1 saturated heterocycles. The number of benzene rings is 2. The van der Waals surface area contributed by atoms with E-state index in [1.165, 1.54) is 17.0 Å². The molecule has 3 amide bonds. The van der Waals surface area contributed by atoms with E-state index >= 15 is 0 Å². The maximum Gasteiger partial charge on any atom is 0.416 e. The van der Waals surface area contributed by atoms with Gasteiger partial charge >= 0.3 is 6.18 Å². The quantitative estimate of drug-likeness (QED) is 0.560. The smallest absolute Gasteiger partial charge is 0.384 e. The van der Waals surface area contributed by atoms with Gasteiger partial charge in [-0.25, -0.2) is 0 Å². The van der Waals surface area contributed by atoms with Crippen LogP contribution in [-0.2, 0) is 33.5 Å². The van der Waals surface area contributed by atoms with Gasteiger partial charge in [0.15, 0.2) is 0 Å². The third-order valence-corrected chi connectivity index (χ3v) is 7.20. The maximum atomic E-state index is 13.5. The van der Waals surface area contributed by atoms with Crippen LogP contribution in [0, 0.1) is 0 Å². The largest absolute Gasteiger partial charge is 0.416 e. The van der Waals surface area contributed by atoms with E-state index in [0.717, 1.165) is 22.9 Å². The second kappa shape index (κ2) is 11.9. The molecule has 1 fully saturated rings. The highest BCUT2D eigenvalue weighted by Crippen LogP contribution is 2.40. The van der Waals surface area contributed by atoms with Gasteiger partial charge in [-0.05, 0) is 55.0 Å². The van der Waals surface area contributed by atoms with Crippen LogP contribution in [0.3, 0.4) is 0 Å². The third-order valence-electron chi connectivity index (χ3n) is 7.20. The first kappa shape index (κ1) is 27.5. The molecule has 2 aromatic carbocycles. The number of hydrogen-bond acceptors (Lipinski definition) is 4. The van der Waals surface area contributed by atoms with Gasteiger partial charge in [0.25, 0.3) is 0 Å². The number of carbonyl (C=O) groups is 3. The summed E-state index contributed by atoms with van der Waals surface area (Å²) in [7, 11) is 0. The van der Waals surface area contributed by atoms with Crippen LogP contribution in [0.25, 0.3) is 0 Å². The SMILES string of the molecule is CCN1Cc2cc(CCC(=O)NCC(=O)N3CCCC3c3ccccc3C(F)(F)F)ccc2NCCC1=O. The number of alkyl halides is 3. The summed E-state index contributed by atoms with van der Waals surface area (Å²) < 4.78 is 40.5. The van der Waals surface area contributed by atoms with Crippen molar-refractivity contribution in [1.29, 1.82) is 0 Å². The Morgan fingerprint density at radius 1 is 1.16 bits per heavy atom. The van der Waals surface area contributed by atoms with Gasteiger partial charge in [-0.1, -0.05) is 30.3 Å². The van der Waals surface area contributed by atoms with Gasteiger partial charge in [0.2, 0.25) is 17.7 Å². The Bertz CT molecular complexity index is 1180. The highest BCUT2D eigenvalue weighted by atomic mass is 19.4. The van der Waals surface area contributed by atoms with Crippen LogP contribution in [0.5, 0.6) is 0 Å². The summed E-state index contributed by atoms with van der Waals surface area (Å²) in [5.74, 6) is -0.600. The zero-order chi connectivity index (χ0) is 27.3. The van der Waals surface area contributed by atoms with Crippen molar-refractivity contribution in [2.24, 2.45) is 0 Å². The number of nitrogens with one attached hydrogen (secondary N) is 2. The molecule has 0 saturated carbocycles. The van der Waals surface area contributed by atoms with E-state index in [-0.39, 0.29) is 30.3 Å². The summed E-state index contributed by atoms with van der Waals surface area (Å²) in [6, 6.07) is 10.6. The third kappa shape index (κ3) is 6.46.